The Bertz CT molecular complexity index is 1620. The molecule has 9 nitrogen and oxygen atoms in total. The summed E-state index contributed by atoms with van der Waals surface area (Å²) in [6.45, 7) is 10.2. The molecule has 1 fully saturated rings. The zero-order chi connectivity index (χ0) is 33.0. The van der Waals surface area contributed by atoms with E-state index < -0.39 is 23.8 Å². The first-order valence-corrected chi connectivity index (χ1v) is 16.5. The van der Waals surface area contributed by atoms with Gasteiger partial charge in [0.25, 0.3) is 11.8 Å². The zero-order valence-electron chi connectivity index (χ0n) is 27.2. The summed E-state index contributed by atoms with van der Waals surface area (Å²) in [5.41, 5.74) is 4.80. The number of aromatic carboxylic acids is 1. The van der Waals surface area contributed by atoms with Crippen molar-refractivity contribution in [3.05, 3.63) is 87.7 Å². The van der Waals surface area contributed by atoms with Crippen LogP contribution in [-0.4, -0.2) is 64.9 Å². The van der Waals surface area contributed by atoms with Crippen molar-refractivity contribution in [3.63, 3.8) is 0 Å². The van der Waals surface area contributed by atoms with Gasteiger partial charge in [-0.15, -0.1) is 0 Å². The molecule has 5 rings (SSSR count). The molecule has 2 heterocycles. The van der Waals surface area contributed by atoms with Crippen molar-refractivity contribution in [3.8, 4) is 5.75 Å². The summed E-state index contributed by atoms with van der Waals surface area (Å²) in [5.74, 6) is -1.08. The molecule has 9 heteroatoms. The van der Waals surface area contributed by atoms with Crippen LogP contribution in [0.5, 0.6) is 5.75 Å². The lowest BCUT2D eigenvalue weighted by Gasteiger charge is -2.35. The number of carbonyl (C=O) groups is 4. The number of imide groups is 2. The minimum absolute atomic E-state index is 0.0469. The predicted molar refractivity (Wildman–Crippen MR) is 178 cm³/mol. The molecule has 3 aliphatic rings. The first kappa shape index (κ1) is 32.7. The number of urea groups is 1. The maximum Gasteiger partial charge on any atom is 0.336 e. The van der Waals surface area contributed by atoms with Gasteiger partial charge in [-0.2, -0.15) is 0 Å². The van der Waals surface area contributed by atoms with Gasteiger partial charge in [0.1, 0.15) is 17.1 Å². The van der Waals surface area contributed by atoms with E-state index in [-0.39, 0.29) is 24.2 Å². The van der Waals surface area contributed by atoms with Crippen molar-refractivity contribution in [2.45, 2.75) is 72.6 Å². The number of hydrogen-bond acceptors (Lipinski definition) is 6. The normalized spacial score (nSPS) is 16.4. The van der Waals surface area contributed by atoms with E-state index in [2.05, 4.69) is 18.7 Å². The Labute approximate surface area is 270 Å². The van der Waals surface area contributed by atoms with E-state index in [9.17, 15) is 24.3 Å². The SMILES string of the molecule is CCCCN1C(=O)C(=CC2=C3Oc4cc(N(CC)CC)ccc4C(c4ccccc4C(=O)O)=C3CCC2)C(=O)N(CCCC)C1=O. The number of amides is 4. The second-order valence-electron chi connectivity index (χ2n) is 11.8. The Kier molecular flexibility index (Phi) is 10.1. The Morgan fingerprint density at radius 2 is 1.54 bits per heavy atom. The number of anilines is 1. The molecule has 1 N–H and O–H groups in total. The van der Waals surface area contributed by atoms with E-state index in [0.717, 1.165) is 48.3 Å². The number of benzene rings is 2. The number of nitrogens with zero attached hydrogens (tertiary/aromatic N) is 3. The Balaban J connectivity index is 1.72. The van der Waals surface area contributed by atoms with Crippen LogP contribution in [0.3, 0.4) is 0 Å². The quantitative estimate of drug-likeness (QED) is 0.197. The molecule has 2 aromatic carbocycles. The van der Waals surface area contributed by atoms with Gasteiger partial charge in [-0.05, 0) is 81.4 Å². The van der Waals surface area contributed by atoms with E-state index in [1.165, 1.54) is 9.80 Å². The first-order chi connectivity index (χ1) is 22.2. The van der Waals surface area contributed by atoms with Crippen molar-refractivity contribution in [2.75, 3.05) is 31.1 Å². The molecule has 0 aromatic heterocycles. The predicted octanol–water partition coefficient (Wildman–Crippen LogP) is 7.18. The van der Waals surface area contributed by atoms with Gasteiger partial charge >= 0.3 is 12.0 Å². The lowest BCUT2D eigenvalue weighted by molar-refractivity contribution is -0.136. The molecule has 242 valence electrons. The summed E-state index contributed by atoms with van der Waals surface area (Å²) in [5, 5.41) is 10.1. The molecule has 46 heavy (non-hydrogen) atoms. The van der Waals surface area contributed by atoms with Crippen LogP contribution >= 0.6 is 0 Å². The second kappa shape index (κ2) is 14.2. The van der Waals surface area contributed by atoms with E-state index in [1.807, 2.05) is 44.2 Å². The summed E-state index contributed by atoms with van der Waals surface area (Å²) in [6, 6.07) is 12.4. The standard InChI is InChI=1S/C37H43N3O6/c1-5-9-20-39-34(41)30(35(42)40(37(39)45)21-10-6-2)22-24-14-13-17-29-32(26-15-11-12-16-27(26)36(43)44)28-19-18-25(38(7-3)8-4)23-31(28)46-33(24)29/h11-12,15-16,18-19,22-23H,5-10,13-14,17,20-21H2,1-4H3,(H,43,44). The number of barbiturate groups is 1. The Hall–Kier alpha value is -4.66. The molecular formula is C37H43N3O6. The summed E-state index contributed by atoms with van der Waals surface area (Å²) in [4.78, 5) is 57.7. The van der Waals surface area contributed by atoms with Crippen molar-refractivity contribution >= 4 is 35.1 Å². The lowest BCUT2D eigenvalue weighted by Crippen LogP contribution is -2.56. The highest BCUT2D eigenvalue weighted by molar-refractivity contribution is 6.29. The zero-order valence-corrected chi connectivity index (χ0v) is 27.2. The fourth-order valence-electron chi connectivity index (χ4n) is 6.46. The second-order valence-corrected chi connectivity index (χ2v) is 11.8. The summed E-state index contributed by atoms with van der Waals surface area (Å²) in [6.07, 6.45) is 6.40. The van der Waals surface area contributed by atoms with E-state index in [1.54, 1.807) is 18.2 Å². The van der Waals surface area contributed by atoms with Gasteiger partial charge in [0, 0.05) is 54.6 Å². The molecule has 1 aliphatic carbocycles. The van der Waals surface area contributed by atoms with Crippen LogP contribution in [0.15, 0.2) is 71.0 Å². The number of carbonyl (C=O) groups excluding carboxylic acids is 3. The average Bonchev–Trinajstić information content (AvgIpc) is 3.06. The summed E-state index contributed by atoms with van der Waals surface area (Å²) >= 11 is 0. The molecule has 0 atom stereocenters. The first-order valence-electron chi connectivity index (χ1n) is 16.5. The summed E-state index contributed by atoms with van der Waals surface area (Å²) < 4.78 is 6.68. The fraction of sp³-hybridized carbons (Fsp3) is 0.405. The number of hydrogen-bond donors (Lipinski definition) is 1. The third-order valence-corrected chi connectivity index (χ3v) is 8.94. The molecule has 0 unspecified atom stereocenters. The molecule has 0 spiro atoms. The van der Waals surface area contributed by atoms with Crippen molar-refractivity contribution in [1.82, 2.24) is 9.80 Å². The average molecular weight is 626 g/mol. The number of ether oxygens (including phenoxy) is 1. The molecule has 2 aliphatic heterocycles. The number of fused-ring (bicyclic) bond motifs is 2. The highest BCUT2D eigenvalue weighted by Crippen LogP contribution is 2.48. The molecule has 4 amide bonds. The third kappa shape index (κ3) is 6.10. The van der Waals surface area contributed by atoms with Gasteiger partial charge in [-0.1, -0.05) is 44.9 Å². The van der Waals surface area contributed by atoms with Crippen LogP contribution in [0.25, 0.3) is 5.57 Å². The van der Waals surface area contributed by atoms with E-state index in [0.29, 0.717) is 54.7 Å². The molecule has 2 aromatic rings. The van der Waals surface area contributed by atoms with Gasteiger partial charge in [-0.3, -0.25) is 19.4 Å². The molecule has 1 saturated heterocycles. The van der Waals surface area contributed by atoms with E-state index >= 15 is 0 Å². The molecular weight excluding hydrogens is 582 g/mol. The van der Waals surface area contributed by atoms with Crippen molar-refractivity contribution in [2.24, 2.45) is 0 Å². The number of carboxylic acids is 1. The van der Waals surface area contributed by atoms with Crippen LogP contribution in [0.2, 0.25) is 0 Å². The Morgan fingerprint density at radius 1 is 0.891 bits per heavy atom. The topological polar surface area (TPSA) is 107 Å². The largest absolute Gasteiger partial charge is 0.478 e. The maximum atomic E-state index is 13.7. The summed E-state index contributed by atoms with van der Waals surface area (Å²) in [7, 11) is 0. The van der Waals surface area contributed by atoms with Crippen LogP contribution in [0, 0.1) is 0 Å². The highest BCUT2D eigenvalue weighted by atomic mass is 16.5. The maximum absolute atomic E-state index is 13.7. The van der Waals surface area contributed by atoms with Gasteiger partial charge in [0.15, 0.2) is 0 Å². The van der Waals surface area contributed by atoms with Gasteiger partial charge in [0.05, 0.1) is 5.56 Å². The van der Waals surface area contributed by atoms with Crippen LogP contribution in [-0.2, 0) is 9.59 Å². The third-order valence-electron chi connectivity index (χ3n) is 8.94. The number of allylic oxidation sites excluding steroid dienone is 3. The lowest BCUT2D eigenvalue weighted by atomic mass is 9.81. The van der Waals surface area contributed by atoms with Crippen LogP contribution in [0.4, 0.5) is 10.5 Å². The van der Waals surface area contributed by atoms with Crippen LogP contribution in [0.1, 0.15) is 94.1 Å². The van der Waals surface area contributed by atoms with Crippen molar-refractivity contribution < 1.29 is 29.0 Å². The molecule has 0 radical (unpaired) electrons. The van der Waals surface area contributed by atoms with Gasteiger partial charge < -0.3 is 14.7 Å². The molecule has 0 saturated carbocycles. The number of unbranched alkanes of at least 4 members (excludes halogenated alkanes) is 2. The van der Waals surface area contributed by atoms with Gasteiger partial charge in [-0.25, -0.2) is 9.59 Å². The van der Waals surface area contributed by atoms with Crippen molar-refractivity contribution in [1.29, 1.82) is 0 Å². The smallest absolute Gasteiger partial charge is 0.336 e. The van der Waals surface area contributed by atoms with E-state index in [4.69, 9.17) is 4.74 Å². The van der Waals surface area contributed by atoms with Gasteiger partial charge in [0.2, 0.25) is 0 Å². The fourth-order valence-corrected chi connectivity index (χ4v) is 6.46. The minimum atomic E-state index is -1.03. The Morgan fingerprint density at radius 3 is 2.15 bits per heavy atom. The number of carboxylic acid groups (broad SMARTS) is 1. The minimum Gasteiger partial charge on any atom is -0.478 e. The highest BCUT2D eigenvalue weighted by Gasteiger charge is 2.42. The van der Waals surface area contributed by atoms with Crippen LogP contribution < -0.4 is 9.64 Å². The monoisotopic (exact) mass is 625 g/mol. The number of rotatable bonds is 12. The molecule has 0 bridgehead atoms.